The molecule has 0 aliphatic heterocycles. The maximum Gasteiger partial charge on any atom is 0.0903 e. The molecule has 0 amide bonds. The Kier molecular flexibility index (Phi) is 4.49. The molecular formula is C7H14OS2. The zero-order valence-electron chi connectivity index (χ0n) is 6.84. The molecule has 10 heavy (non-hydrogen) atoms. The summed E-state index contributed by atoms with van der Waals surface area (Å²) in [6, 6.07) is 0. The monoisotopic (exact) mass is 178 g/mol. The third-order valence-corrected chi connectivity index (χ3v) is 2.73. The Hall–Kier alpha value is 0.400. The van der Waals surface area contributed by atoms with Crippen LogP contribution >= 0.6 is 23.5 Å². The van der Waals surface area contributed by atoms with E-state index < -0.39 is 5.60 Å². The summed E-state index contributed by atoms with van der Waals surface area (Å²) in [6.45, 7) is 3.59. The Morgan fingerprint density at radius 2 is 1.90 bits per heavy atom. The molecule has 0 rings (SSSR count). The average Bonchev–Trinajstić information content (AvgIpc) is 1.80. The van der Waals surface area contributed by atoms with E-state index in [2.05, 4.69) is 0 Å². The summed E-state index contributed by atoms with van der Waals surface area (Å²) in [5, 5.41) is 11.5. The van der Waals surface area contributed by atoms with E-state index in [0.717, 1.165) is 4.91 Å². The third-order valence-electron chi connectivity index (χ3n) is 1.05. The number of thioether (sulfide) groups is 2. The van der Waals surface area contributed by atoms with Crippen LogP contribution in [0.25, 0.3) is 0 Å². The van der Waals surface area contributed by atoms with E-state index >= 15 is 0 Å². The van der Waals surface area contributed by atoms with Crippen molar-refractivity contribution in [3.8, 4) is 0 Å². The normalized spacial score (nSPS) is 13.9. The van der Waals surface area contributed by atoms with Gasteiger partial charge in [-0.3, -0.25) is 0 Å². The molecule has 0 aromatic heterocycles. The molecule has 0 atom stereocenters. The second-order valence-corrected chi connectivity index (χ2v) is 4.04. The van der Waals surface area contributed by atoms with Gasteiger partial charge in [-0.05, 0) is 31.8 Å². The molecule has 0 unspecified atom stereocenters. The number of rotatable bonds is 3. The standard InChI is InChI=1S/C7H14OS2/c1-7(2,8)6(10-4)5-9-3/h5,8H,1-4H3/b6-5-. The van der Waals surface area contributed by atoms with E-state index in [9.17, 15) is 5.11 Å². The van der Waals surface area contributed by atoms with Gasteiger partial charge in [-0.2, -0.15) is 0 Å². The van der Waals surface area contributed by atoms with E-state index in [1.54, 1.807) is 37.4 Å². The quantitative estimate of drug-likeness (QED) is 0.716. The Morgan fingerprint density at radius 1 is 1.40 bits per heavy atom. The second-order valence-electron chi connectivity index (χ2n) is 2.48. The molecule has 0 spiro atoms. The number of hydrogen-bond acceptors (Lipinski definition) is 3. The van der Waals surface area contributed by atoms with E-state index in [1.807, 2.05) is 17.9 Å². The lowest BCUT2D eigenvalue weighted by molar-refractivity contribution is 0.129. The van der Waals surface area contributed by atoms with Crippen LogP contribution in [0.5, 0.6) is 0 Å². The summed E-state index contributed by atoms with van der Waals surface area (Å²) in [4.78, 5) is 1.01. The van der Waals surface area contributed by atoms with Crippen LogP contribution in [-0.4, -0.2) is 23.2 Å². The molecule has 0 aromatic rings. The summed E-state index contributed by atoms with van der Waals surface area (Å²) >= 11 is 3.21. The minimum Gasteiger partial charge on any atom is -0.385 e. The molecule has 0 radical (unpaired) electrons. The predicted molar refractivity (Wildman–Crippen MR) is 51.4 cm³/mol. The zero-order chi connectivity index (χ0) is 8.20. The van der Waals surface area contributed by atoms with Gasteiger partial charge >= 0.3 is 0 Å². The van der Waals surface area contributed by atoms with Gasteiger partial charge in [0.15, 0.2) is 0 Å². The van der Waals surface area contributed by atoms with E-state index in [4.69, 9.17) is 0 Å². The van der Waals surface area contributed by atoms with Crippen LogP contribution in [0.1, 0.15) is 13.8 Å². The molecular weight excluding hydrogens is 164 g/mol. The molecule has 0 saturated heterocycles. The first kappa shape index (κ1) is 10.4. The third kappa shape index (κ3) is 3.54. The molecule has 0 aliphatic carbocycles. The Balaban J connectivity index is 4.21. The van der Waals surface area contributed by atoms with Gasteiger partial charge in [-0.15, -0.1) is 23.5 Å². The van der Waals surface area contributed by atoms with Crippen molar-refractivity contribution in [3.63, 3.8) is 0 Å². The first-order valence-electron chi connectivity index (χ1n) is 3.02. The maximum atomic E-state index is 9.51. The lowest BCUT2D eigenvalue weighted by atomic mass is 10.1. The highest BCUT2D eigenvalue weighted by atomic mass is 32.2. The van der Waals surface area contributed by atoms with Crippen LogP contribution in [0.4, 0.5) is 0 Å². The molecule has 0 aliphatic rings. The van der Waals surface area contributed by atoms with Crippen LogP contribution in [0.15, 0.2) is 10.3 Å². The van der Waals surface area contributed by atoms with Gasteiger partial charge in [-0.25, -0.2) is 0 Å². The fraction of sp³-hybridized carbons (Fsp3) is 0.714. The van der Waals surface area contributed by atoms with Crippen LogP contribution in [0.3, 0.4) is 0 Å². The minimum absolute atomic E-state index is 0.678. The Bertz CT molecular complexity index is 124. The highest BCUT2D eigenvalue weighted by molar-refractivity contribution is 8.05. The minimum atomic E-state index is -0.678. The SMILES string of the molecule is CS/C=C(\SC)C(C)(C)O. The number of hydrogen-bond donors (Lipinski definition) is 1. The van der Waals surface area contributed by atoms with Gasteiger partial charge < -0.3 is 5.11 Å². The Labute approximate surface area is 71.3 Å². The van der Waals surface area contributed by atoms with Gasteiger partial charge in [0, 0.05) is 4.91 Å². The van der Waals surface area contributed by atoms with Crippen molar-refractivity contribution in [2.45, 2.75) is 19.4 Å². The van der Waals surface area contributed by atoms with Gasteiger partial charge in [0.05, 0.1) is 5.60 Å². The van der Waals surface area contributed by atoms with Crippen molar-refractivity contribution in [1.29, 1.82) is 0 Å². The van der Waals surface area contributed by atoms with Gasteiger partial charge in [0.2, 0.25) is 0 Å². The average molecular weight is 178 g/mol. The second kappa shape index (κ2) is 4.31. The van der Waals surface area contributed by atoms with Crippen LogP contribution in [0, 0.1) is 0 Å². The molecule has 0 fully saturated rings. The van der Waals surface area contributed by atoms with Crippen molar-refractivity contribution in [2.75, 3.05) is 12.5 Å². The first-order valence-corrected chi connectivity index (χ1v) is 5.53. The molecule has 3 heteroatoms. The molecule has 0 saturated carbocycles. The van der Waals surface area contributed by atoms with E-state index in [1.165, 1.54) is 0 Å². The lowest BCUT2D eigenvalue weighted by Crippen LogP contribution is -2.19. The van der Waals surface area contributed by atoms with Crippen LogP contribution in [-0.2, 0) is 0 Å². The summed E-state index contributed by atoms with van der Waals surface area (Å²) in [6.07, 6.45) is 3.96. The highest BCUT2D eigenvalue weighted by Crippen LogP contribution is 2.27. The fourth-order valence-corrected chi connectivity index (χ4v) is 2.22. The number of aliphatic hydroxyl groups is 1. The van der Waals surface area contributed by atoms with Crippen molar-refractivity contribution >= 4 is 23.5 Å². The van der Waals surface area contributed by atoms with Crippen LogP contribution < -0.4 is 0 Å². The fourth-order valence-electron chi connectivity index (χ4n) is 0.549. The van der Waals surface area contributed by atoms with E-state index in [-0.39, 0.29) is 0 Å². The van der Waals surface area contributed by atoms with Gasteiger partial charge in [-0.1, -0.05) is 0 Å². The molecule has 0 aromatic carbocycles. The molecule has 1 nitrogen and oxygen atoms in total. The van der Waals surface area contributed by atoms with Gasteiger partial charge in [0.25, 0.3) is 0 Å². The largest absolute Gasteiger partial charge is 0.385 e. The lowest BCUT2D eigenvalue weighted by Gasteiger charge is -2.19. The highest BCUT2D eigenvalue weighted by Gasteiger charge is 2.17. The van der Waals surface area contributed by atoms with Crippen molar-refractivity contribution < 1.29 is 5.11 Å². The van der Waals surface area contributed by atoms with Crippen molar-refractivity contribution in [1.82, 2.24) is 0 Å². The summed E-state index contributed by atoms with van der Waals surface area (Å²) in [5.74, 6) is 0. The molecule has 1 N–H and O–H groups in total. The summed E-state index contributed by atoms with van der Waals surface area (Å²) < 4.78 is 0. The van der Waals surface area contributed by atoms with Crippen molar-refractivity contribution in [3.05, 3.63) is 10.3 Å². The summed E-state index contributed by atoms with van der Waals surface area (Å²) in [7, 11) is 0. The Morgan fingerprint density at radius 3 is 2.00 bits per heavy atom. The molecule has 0 bridgehead atoms. The smallest absolute Gasteiger partial charge is 0.0903 e. The van der Waals surface area contributed by atoms with Gasteiger partial charge in [0.1, 0.15) is 0 Å². The van der Waals surface area contributed by atoms with Crippen LogP contribution in [0.2, 0.25) is 0 Å². The predicted octanol–water partition coefficient (Wildman–Crippen LogP) is 2.32. The topological polar surface area (TPSA) is 20.2 Å². The summed E-state index contributed by atoms with van der Waals surface area (Å²) in [5.41, 5.74) is -0.678. The van der Waals surface area contributed by atoms with Crippen molar-refractivity contribution in [2.24, 2.45) is 0 Å². The maximum absolute atomic E-state index is 9.51. The molecule has 60 valence electrons. The molecule has 0 heterocycles. The van der Waals surface area contributed by atoms with E-state index in [0.29, 0.717) is 0 Å². The zero-order valence-corrected chi connectivity index (χ0v) is 8.47. The first-order chi connectivity index (χ1) is 4.52.